The number of carbonyl (C=O) groups is 1. The van der Waals surface area contributed by atoms with Gasteiger partial charge in [-0.25, -0.2) is 14.8 Å². The smallest absolute Gasteiger partial charge is 0.374 e. The Kier molecular flexibility index (Phi) is 3.70. The minimum Gasteiger partial charge on any atom is -0.475 e. The van der Waals surface area contributed by atoms with Gasteiger partial charge in [0.15, 0.2) is 0 Å². The van der Waals surface area contributed by atoms with Crippen LogP contribution in [0.2, 0.25) is 0 Å². The molecule has 1 saturated heterocycles. The number of anilines is 1. The summed E-state index contributed by atoms with van der Waals surface area (Å²) in [5, 5.41) is 19.6. The molecule has 1 aromatic carbocycles. The molecule has 1 unspecified atom stereocenters. The molecule has 2 heterocycles. The first-order valence-electron chi connectivity index (χ1n) is 7.08. The molecule has 0 radical (unpaired) electrons. The lowest BCUT2D eigenvalue weighted by Gasteiger charge is -2.36. The maximum absolute atomic E-state index is 11.2. The molecule has 3 rings (SSSR count). The maximum Gasteiger partial charge on any atom is 0.374 e. The third-order valence-corrected chi connectivity index (χ3v) is 3.88. The van der Waals surface area contributed by atoms with Crippen molar-refractivity contribution in [2.45, 2.75) is 25.3 Å². The number of aromatic carboxylic acids is 1. The van der Waals surface area contributed by atoms with Crippen LogP contribution in [-0.2, 0) is 0 Å². The summed E-state index contributed by atoms with van der Waals surface area (Å²) in [6.07, 6.45) is 2.96. The average molecular weight is 287 g/mol. The minimum atomic E-state index is -1.14. The molecule has 0 bridgehead atoms. The van der Waals surface area contributed by atoms with Crippen LogP contribution < -0.4 is 4.90 Å². The summed E-state index contributed by atoms with van der Waals surface area (Å²) in [6.45, 7) is 0.812. The Morgan fingerprint density at radius 3 is 2.86 bits per heavy atom. The molecule has 6 nitrogen and oxygen atoms in total. The van der Waals surface area contributed by atoms with Gasteiger partial charge in [-0.1, -0.05) is 12.1 Å². The van der Waals surface area contributed by atoms with Gasteiger partial charge >= 0.3 is 5.97 Å². The number of fused-ring (bicyclic) bond motifs is 1. The molecule has 0 amide bonds. The second-order valence-electron chi connectivity index (χ2n) is 5.22. The fraction of sp³-hybridized carbons (Fsp3) is 0.400. The summed E-state index contributed by atoms with van der Waals surface area (Å²) in [7, 11) is 0. The average Bonchev–Trinajstić information content (AvgIpc) is 2.53. The number of aliphatic hydroxyl groups is 1. The van der Waals surface area contributed by atoms with Crippen molar-refractivity contribution in [1.82, 2.24) is 9.97 Å². The van der Waals surface area contributed by atoms with Gasteiger partial charge in [0.05, 0.1) is 18.2 Å². The Morgan fingerprint density at radius 1 is 1.29 bits per heavy atom. The topological polar surface area (TPSA) is 86.5 Å². The molecule has 0 spiro atoms. The van der Waals surface area contributed by atoms with E-state index in [1.165, 1.54) is 0 Å². The van der Waals surface area contributed by atoms with Crippen molar-refractivity contribution in [3.63, 3.8) is 0 Å². The van der Waals surface area contributed by atoms with E-state index in [0.29, 0.717) is 11.3 Å². The highest BCUT2D eigenvalue weighted by Gasteiger charge is 2.26. The van der Waals surface area contributed by atoms with Crippen LogP contribution in [0, 0.1) is 0 Å². The van der Waals surface area contributed by atoms with Crippen molar-refractivity contribution >= 4 is 22.7 Å². The molecule has 1 aliphatic rings. The van der Waals surface area contributed by atoms with Gasteiger partial charge in [-0.05, 0) is 31.4 Å². The Hall–Kier alpha value is -2.21. The van der Waals surface area contributed by atoms with E-state index in [1.807, 2.05) is 23.1 Å². The van der Waals surface area contributed by atoms with Crippen LogP contribution in [0.3, 0.4) is 0 Å². The first-order valence-corrected chi connectivity index (χ1v) is 7.08. The van der Waals surface area contributed by atoms with E-state index in [4.69, 9.17) is 0 Å². The number of carboxylic acid groups (broad SMARTS) is 1. The van der Waals surface area contributed by atoms with Crippen LogP contribution in [0.4, 0.5) is 5.82 Å². The van der Waals surface area contributed by atoms with Gasteiger partial charge in [0.1, 0.15) is 5.82 Å². The number of piperidine rings is 1. The van der Waals surface area contributed by atoms with Gasteiger partial charge in [0.25, 0.3) is 0 Å². The van der Waals surface area contributed by atoms with E-state index in [0.717, 1.165) is 31.2 Å². The van der Waals surface area contributed by atoms with Gasteiger partial charge in [-0.3, -0.25) is 0 Å². The third-order valence-electron chi connectivity index (χ3n) is 3.88. The summed E-state index contributed by atoms with van der Waals surface area (Å²) in [5.41, 5.74) is 0.613. The number of rotatable bonds is 3. The number of hydrogen-bond donors (Lipinski definition) is 2. The first-order chi connectivity index (χ1) is 10.2. The summed E-state index contributed by atoms with van der Waals surface area (Å²) in [6, 6.07) is 7.36. The highest BCUT2D eigenvalue weighted by molar-refractivity contribution is 5.94. The van der Waals surface area contributed by atoms with Crippen LogP contribution in [0.15, 0.2) is 24.3 Å². The normalized spacial score (nSPS) is 18.9. The fourth-order valence-electron chi connectivity index (χ4n) is 2.84. The lowest BCUT2D eigenvalue weighted by atomic mass is 10.0. The summed E-state index contributed by atoms with van der Waals surface area (Å²) in [4.78, 5) is 21.6. The van der Waals surface area contributed by atoms with Gasteiger partial charge < -0.3 is 15.1 Å². The van der Waals surface area contributed by atoms with Crippen LogP contribution in [0.25, 0.3) is 10.9 Å². The largest absolute Gasteiger partial charge is 0.475 e. The van der Waals surface area contributed by atoms with Crippen LogP contribution >= 0.6 is 0 Å². The van der Waals surface area contributed by atoms with Gasteiger partial charge in [0.2, 0.25) is 5.82 Å². The highest BCUT2D eigenvalue weighted by Crippen LogP contribution is 2.29. The predicted molar refractivity (Wildman–Crippen MR) is 78.6 cm³/mol. The molecule has 0 saturated carbocycles. The molecule has 2 N–H and O–H groups in total. The molecule has 110 valence electrons. The number of aromatic nitrogens is 2. The predicted octanol–water partition coefficient (Wildman–Crippen LogP) is 1.68. The number of para-hydroxylation sites is 1. The molecule has 1 aromatic heterocycles. The molecular formula is C15H17N3O3. The summed E-state index contributed by atoms with van der Waals surface area (Å²) in [5.74, 6) is -0.734. The van der Waals surface area contributed by atoms with Crippen molar-refractivity contribution in [1.29, 1.82) is 0 Å². The van der Waals surface area contributed by atoms with Crippen LogP contribution in [0.1, 0.15) is 29.9 Å². The summed E-state index contributed by atoms with van der Waals surface area (Å²) < 4.78 is 0. The lowest BCUT2D eigenvalue weighted by molar-refractivity contribution is 0.0684. The molecule has 1 aliphatic heterocycles. The standard InChI is InChI=1S/C15H17N3O3/c19-9-10-5-3-4-8-18(10)14-11-6-1-2-7-12(11)16-13(17-14)15(20)21/h1-2,6-7,10,19H,3-5,8-9H2,(H,20,21). The number of carboxylic acids is 1. The number of hydrogen-bond acceptors (Lipinski definition) is 5. The Labute approximate surface area is 122 Å². The van der Waals surface area contributed by atoms with E-state index >= 15 is 0 Å². The molecule has 1 fully saturated rings. The second kappa shape index (κ2) is 5.65. The quantitative estimate of drug-likeness (QED) is 0.893. The minimum absolute atomic E-state index is 0.0151. The van der Waals surface area contributed by atoms with Crippen molar-refractivity contribution in [2.75, 3.05) is 18.1 Å². The van der Waals surface area contributed by atoms with E-state index < -0.39 is 5.97 Å². The lowest BCUT2D eigenvalue weighted by Crippen LogP contribution is -2.42. The van der Waals surface area contributed by atoms with E-state index in [-0.39, 0.29) is 18.5 Å². The monoisotopic (exact) mass is 287 g/mol. The number of aliphatic hydroxyl groups excluding tert-OH is 1. The van der Waals surface area contributed by atoms with Crippen molar-refractivity contribution in [3.05, 3.63) is 30.1 Å². The third kappa shape index (κ3) is 2.54. The number of benzene rings is 1. The van der Waals surface area contributed by atoms with Gasteiger partial charge in [-0.15, -0.1) is 0 Å². The molecule has 6 heteroatoms. The zero-order valence-corrected chi connectivity index (χ0v) is 11.6. The van der Waals surface area contributed by atoms with E-state index in [9.17, 15) is 15.0 Å². The van der Waals surface area contributed by atoms with E-state index in [2.05, 4.69) is 9.97 Å². The van der Waals surface area contributed by atoms with Crippen LogP contribution in [0.5, 0.6) is 0 Å². The van der Waals surface area contributed by atoms with Gasteiger partial charge in [0, 0.05) is 11.9 Å². The molecule has 2 aromatic rings. The maximum atomic E-state index is 11.2. The summed E-state index contributed by atoms with van der Waals surface area (Å²) >= 11 is 0. The zero-order valence-electron chi connectivity index (χ0n) is 11.6. The molecular weight excluding hydrogens is 270 g/mol. The Balaban J connectivity index is 2.17. The fourth-order valence-corrected chi connectivity index (χ4v) is 2.84. The van der Waals surface area contributed by atoms with Crippen molar-refractivity contribution in [2.24, 2.45) is 0 Å². The second-order valence-corrected chi connectivity index (χ2v) is 5.22. The Bertz CT molecular complexity index is 674. The van der Waals surface area contributed by atoms with Crippen molar-refractivity contribution < 1.29 is 15.0 Å². The van der Waals surface area contributed by atoms with E-state index in [1.54, 1.807) is 6.07 Å². The Morgan fingerprint density at radius 2 is 2.10 bits per heavy atom. The number of nitrogens with zero attached hydrogens (tertiary/aromatic N) is 3. The SMILES string of the molecule is O=C(O)c1nc(N2CCCCC2CO)c2ccccc2n1. The van der Waals surface area contributed by atoms with Gasteiger partial charge in [-0.2, -0.15) is 0 Å². The molecule has 0 aliphatic carbocycles. The highest BCUT2D eigenvalue weighted by atomic mass is 16.4. The van der Waals surface area contributed by atoms with Crippen molar-refractivity contribution in [3.8, 4) is 0 Å². The first kappa shape index (κ1) is 13.8. The molecule has 21 heavy (non-hydrogen) atoms. The molecule has 1 atom stereocenters. The van der Waals surface area contributed by atoms with Crippen LogP contribution in [-0.4, -0.2) is 45.3 Å². The zero-order chi connectivity index (χ0) is 14.8.